The second kappa shape index (κ2) is 4.63. The minimum Gasteiger partial charge on any atom is -0.495 e. The molecule has 0 aliphatic carbocycles. The molecule has 1 aromatic carbocycles. The number of nitrogens with one attached hydrogen (secondary N) is 1. The quantitative estimate of drug-likeness (QED) is 0.607. The number of ether oxygens (including phenoxy) is 1. The third-order valence-corrected chi connectivity index (χ3v) is 2.35. The zero-order valence-electron chi connectivity index (χ0n) is 8.97. The molecular weight excluding hydrogens is 202 g/mol. The van der Waals surface area contributed by atoms with E-state index in [-0.39, 0.29) is 0 Å². The molecular formula is C12H13N3O. The van der Waals surface area contributed by atoms with Crippen LogP contribution in [0, 0.1) is 0 Å². The molecule has 0 fully saturated rings. The van der Waals surface area contributed by atoms with E-state index in [0.29, 0.717) is 0 Å². The number of aromatic nitrogens is 1. The molecule has 0 saturated carbocycles. The molecule has 1 heterocycles. The van der Waals surface area contributed by atoms with E-state index in [9.17, 15) is 0 Å². The van der Waals surface area contributed by atoms with Crippen molar-refractivity contribution in [1.82, 2.24) is 4.98 Å². The molecule has 0 aliphatic heterocycles. The summed E-state index contributed by atoms with van der Waals surface area (Å²) in [5.74, 6) is 6.15. The van der Waals surface area contributed by atoms with Crippen LogP contribution >= 0.6 is 0 Å². The van der Waals surface area contributed by atoms with Crippen LogP contribution in [0.4, 0.5) is 5.69 Å². The molecule has 0 aliphatic rings. The van der Waals surface area contributed by atoms with E-state index in [1.54, 1.807) is 13.3 Å². The molecule has 2 rings (SSSR count). The highest BCUT2D eigenvalue weighted by Gasteiger charge is 2.04. The second-order valence-corrected chi connectivity index (χ2v) is 3.30. The molecule has 0 amide bonds. The van der Waals surface area contributed by atoms with Crippen LogP contribution in [0.2, 0.25) is 0 Å². The summed E-state index contributed by atoms with van der Waals surface area (Å²) in [7, 11) is 1.61. The van der Waals surface area contributed by atoms with Crippen LogP contribution in [0.5, 0.6) is 5.75 Å². The number of hydrazine groups is 1. The summed E-state index contributed by atoms with van der Waals surface area (Å²) in [5.41, 5.74) is 5.45. The van der Waals surface area contributed by atoms with Crippen molar-refractivity contribution in [2.45, 2.75) is 0 Å². The molecule has 82 valence electrons. The van der Waals surface area contributed by atoms with Crippen LogP contribution in [0.15, 0.2) is 42.7 Å². The monoisotopic (exact) mass is 215 g/mol. The molecule has 1 aromatic heterocycles. The molecule has 16 heavy (non-hydrogen) atoms. The highest BCUT2D eigenvalue weighted by molar-refractivity contribution is 5.71. The highest BCUT2D eigenvalue weighted by atomic mass is 16.5. The Kier molecular flexibility index (Phi) is 3.03. The summed E-state index contributed by atoms with van der Waals surface area (Å²) in [6.45, 7) is 0. The molecule has 3 N–H and O–H groups in total. The lowest BCUT2D eigenvalue weighted by Crippen LogP contribution is -2.08. The van der Waals surface area contributed by atoms with Crippen LogP contribution in [-0.2, 0) is 0 Å². The van der Waals surface area contributed by atoms with Gasteiger partial charge in [-0.3, -0.25) is 10.8 Å². The lowest BCUT2D eigenvalue weighted by atomic mass is 10.1. The van der Waals surface area contributed by atoms with E-state index in [0.717, 1.165) is 22.6 Å². The first-order valence-corrected chi connectivity index (χ1v) is 4.90. The van der Waals surface area contributed by atoms with Crippen molar-refractivity contribution in [3.05, 3.63) is 42.7 Å². The van der Waals surface area contributed by atoms with E-state index in [2.05, 4.69) is 10.4 Å². The van der Waals surface area contributed by atoms with Crippen molar-refractivity contribution in [2.75, 3.05) is 12.5 Å². The number of nitrogen functional groups attached to an aromatic ring is 1. The van der Waals surface area contributed by atoms with E-state index in [1.165, 1.54) is 0 Å². The summed E-state index contributed by atoms with van der Waals surface area (Å²) in [5, 5.41) is 0. The second-order valence-electron chi connectivity index (χ2n) is 3.30. The maximum absolute atomic E-state index is 5.43. The van der Waals surface area contributed by atoms with E-state index in [4.69, 9.17) is 10.6 Å². The molecule has 2 aromatic rings. The number of hydrogen-bond donors (Lipinski definition) is 2. The Morgan fingerprint density at radius 3 is 2.75 bits per heavy atom. The van der Waals surface area contributed by atoms with E-state index in [1.807, 2.05) is 36.5 Å². The van der Waals surface area contributed by atoms with Gasteiger partial charge in [-0.05, 0) is 23.8 Å². The van der Waals surface area contributed by atoms with Crippen molar-refractivity contribution in [3.8, 4) is 16.9 Å². The summed E-state index contributed by atoms with van der Waals surface area (Å²) in [4.78, 5) is 4.08. The fourth-order valence-electron chi connectivity index (χ4n) is 1.53. The van der Waals surface area contributed by atoms with Gasteiger partial charge in [0.05, 0.1) is 12.8 Å². The lowest BCUT2D eigenvalue weighted by Gasteiger charge is -2.09. The normalized spacial score (nSPS) is 9.88. The van der Waals surface area contributed by atoms with Gasteiger partial charge >= 0.3 is 0 Å². The number of methoxy groups -OCH3 is 1. The lowest BCUT2D eigenvalue weighted by molar-refractivity contribution is 0.416. The maximum atomic E-state index is 5.43. The Hall–Kier alpha value is -2.07. The molecule has 0 bridgehead atoms. The SMILES string of the molecule is COc1ccc(-c2cccnc2)cc1NN. The molecule has 4 heteroatoms. The topological polar surface area (TPSA) is 60.2 Å². The van der Waals surface area contributed by atoms with Gasteiger partial charge in [0.2, 0.25) is 0 Å². The molecule has 0 unspecified atom stereocenters. The van der Waals surface area contributed by atoms with Crippen LogP contribution in [0.1, 0.15) is 0 Å². The summed E-state index contributed by atoms with van der Waals surface area (Å²) >= 11 is 0. The highest BCUT2D eigenvalue weighted by Crippen LogP contribution is 2.29. The van der Waals surface area contributed by atoms with Gasteiger partial charge < -0.3 is 10.2 Å². The van der Waals surface area contributed by atoms with Gasteiger partial charge in [0.1, 0.15) is 5.75 Å². The van der Waals surface area contributed by atoms with Crippen LogP contribution in [0.25, 0.3) is 11.1 Å². The molecule has 0 spiro atoms. The van der Waals surface area contributed by atoms with Crippen molar-refractivity contribution >= 4 is 5.69 Å². The summed E-state index contributed by atoms with van der Waals surface area (Å²) in [6.07, 6.45) is 3.55. The van der Waals surface area contributed by atoms with Gasteiger partial charge in [0, 0.05) is 18.0 Å². The van der Waals surface area contributed by atoms with Gasteiger partial charge in [-0.15, -0.1) is 0 Å². The van der Waals surface area contributed by atoms with Crippen molar-refractivity contribution in [2.24, 2.45) is 5.84 Å². The van der Waals surface area contributed by atoms with Crippen molar-refractivity contribution in [1.29, 1.82) is 0 Å². The Morgan fingerprint density at radius 2 is 2.12 bits per heavy atom. The summed E-state index contributed by atoms with van der Waals surface area (Å²) < 4.78 is 5.17. The first-order valence-electron chi connectivity index (χ1n) is 4.90. The summed E-state index contributed by atoms with van der Waals surface area (Å²) in [6, 6.07) is 9.66. The number of nitrogens with two attached hydrogens (primary N) is 1. The minimum absolute atomic E-state index is 0.718. The number of nitrogens with zero attached hydrogens (tertiary/aromatic N) is 1. The number of anilines is 1. The third-order valence-electron chi connectivity index (χ3n) is 2.35. The predicted octanol–water partition coefficient (Wildman–Crippen LogP) is 2.04. The average molecular weight is 215 g/mol. The number of hydrogen-bond acceptors (Lipinski definition) is 4. The fourth-order valence-corrected chi connectivity index (χ4v) is 1.53. The fraction of sp³-hybridized carbons (Fsp3) is 0.0833. The Balaban J connectivity index is 2.44. The average Bonchev–Trinajstić information content (AvgIpc) is 2.39. The van der Waals surface area contributed by atoms with Gasteiger partial charge in [-0.2, -0.15) is 0 Å². The van der Waals surface area contributed by atoms with Crippen LogP contribution in [0.3, 0.4) is 0 Å². The zero-order valence-corrected chi connectivity index (χ0v) is 8.97. The van der Waals surface area contributed by atoms with Gasteiger partial charge in [0.25, 0.3) is 0 Å². The van der Waals surface area contributed by atoms with Crippen molar-refractivity contribution < 1.29 is 4.74 Å². The van der Waals surface area contributed by atoms with E-state index < -0.39 is 0 Å². The standard InChI is InChI=1S/C12H13N3O/c1-16-12-5-4-9(7-11(12)15-13)10-3-2-6-14-8-10/h2-8,15H,13H2,1H3. The van der Waals surface area contributed by atoms with Crippen LogP contribution < -0.4 is 16.0 Å². The largest absolute Gasteiger partial charge is 0.495 e. The van der Waals surface area contributed by atoms with Gasteiger partial charge in [0.15, 0.2) is 0 Å². The number of pyridine rings is 1. The molecule has 0 atom stereocenters. The van der Waals surface area contributed by atoms with Gasteiger partial charge in [-0.25, -0.2) is 0 Å². The molecule has 0 saturated heterocycles. The zero-order chi connectivity index (χ0) is 11.4. The van der Waals surface area contributed by atoms with Crippen LogP contribution in [-0.4, -0.2) is 12.1 Å². The first kappa shape index (κ1) is 10.4. The predicted molar refractivity (Wildman–Crippen MR) is 64.0 cm³/mol. The Bertz CT molecular complexity index is 471. The third kappa shape index (κ3) is 1.97. The Labute approximate surface area is 94.0 Å². The maximum Gasteiger partial charge on any atom is 0.143 e. The van der Waals surface area contributed by atoms with Crippen molar-refractivity contribution in [3.63, 3.8) is 0 Å². The molecule has 4 nitrogen and oxygen atoms in total. The molecule has 0 radical (unpaired) electrons. The van der Waals surface area contributed by atoms with E-state index >= 15 is 0 Å². The Morgan fingerprint density at radius 1 is 1.25 bits per heavy atom. The van der Waals surface area contributed by atoms with Gasteiger partial charge in [-0.1, -0.05) is 12.1 Å². The smallest absolute Gasteiger partial charge is 0.143 e. The first-order chi connectivity index (χ1) is 7.85. The number of rotatable bonds is 3. The number of benzene rings is 1. The minimum atomic E-state index is 0.718.